The normalized spacial score (nSPS) is 22.3. The first-order valence-corrected chi connectivity index (χ1v) is 11.4. The zero-order chi connectivity index (χ0) is 24.0. The van der Waals surface area contributed by atoms with E-state index in [1.807, 2.05) is 42.5 Å². The number of hydroxylamine groups is 1. The molecule has 3 aromatic carbocycles. The van der Waals surface area contributed by atoms with E-state index in [1.165, 1.54) is 10.5 Å². The maximum absolute atomic E-state index is 13.7. The Morgan fingerprint density at radius 3 is 2.03 bits per heavy atom. The molecule has 2 heterocycles. The molecule has 174 valence electrons. The average Bonchev–Trinajstić information content (AvgIpc) is 3.35. The van der Waals surface area contributed by atoms with Crippen LogP contribution in [-0.2, 0) is 19.8 Å². The third kappa shape index (κ3) is 3.64. The van der Waals surface area contributed by atoms with Gasteiger partial charge in [-0.25, -0.2) is 9.96 Å². The van der Waals surface area contributed by atoms with Crippen LogP contribution in [0.5, 0.6) is 5.75 Å². The van der Waals surface area contributed by atoms with Crippen molar-refractivity contribution in [3.63, 3.8) is 0 Å². The Morgan fingerprint density at radius 1 is 0.794 bits per heavy atom. The molecule has 2 fully saturated rings. The lowest BCUT2D eigenvalue weighted by Crippen LogP contribution is -2.37. The van der Waals surface area contributed by atoms with Gasteiger partial charge >= 0.3 is 0 Å². The minimum Gasteiger partial charge on any atom is -0.497 e. The summed E-state index contributed by atoms with van der Waals surface area (Å²) >= 11 is 0. The molecule has 0 bridgehead atoms. The molecule has 6 heteroatoms. The number of rotatable bonds is 4. The number of benzene rings is 3. The summed E-state index contributed by atoms with van der Waals surface area (Å²) in [4.78, 5) is 34.6. The van der Waals surface area contributed by atoms with Crippen molar-refractivity contribution in [3.05, 3.63) is 90.0 Å². The first-order valence-electron chi connectivity index (χ1n) is 11.4. The van der Waals surface area contributed by atoms with Crippen LogP contribution in [0.2, 0.25) is 0 Å². The summed E-state index contributed by atoms with van der Waals surface area (Å²) in [6, 6.07) is 24.4. The number of imide groups is 1. The van der Waals surface area contributed by atoms with Crippen molar-refractivity contribution in [2.45, 2.75) is 38.3 Å². The van der Waals surface area contributed by atoms with E-state index >= 15 is 0 Å². The lowest BCUT2D eigenvalue weighted by atomic mass is 9.84. The minimum atomic E-state index is -0.887. The molecule has 6 nitrogen and oxygen atoms in total. The average molecular weight is 457 g/mol. The van der Waals surface area contributed by atoms with E-state index in [9.17, 15) is 9.59 Å². The zero-order valence-electron chi connectivity index (χ0n) is 19.8. The van der Waals surface area contributed by atoms with Gasteiger partial charge in [0.1, 0.15) is 11.7 Å². The highest BCUT2D eigenvalue weighted by atomic mass is 16.7. The molecule has 0 aliphatic carbocycles. The number of ether oxygens (including phenoxy) is 1. The number of carbonyl (C=O) groups is 2. The van der Waals surface area contributed by atoms with Crippen molar-refractivity contribution in [1.82, 2.24) is 0 Å². The highest BCUT2D eigenvalue weighted by Gasteiger charge is 2.60. The summed E-state index contributed by atoms with van der Waals surface area (Å²) in [5.41, 5.74) is 3.46. The fraction of sp³-hybridized carbons (Fsp3) is 0.286. The Balaban J connectivity index is 1.55. The quantitative estimate of drug-likeness (QED) is 0.515. The van der Waals surface area contributed by atoms with Crippen LogP contribution in [0.15, 0.2) is 78.9 Å². The Hall–Kier alpha value is -3.64. The predicted octanol–water partition coefficient (Wildman–Crippen LogP) is 5.04. The van der Waals surface area contributed by atoms with Gasteiger partial charge in [0.2, 0.25) is 5.91 Å². The van der Waals surface area contributed by atoms with E-state index in [1.54, 1.807) is 36.4 Å². The van der Waals surface area contributed by atoms with E-state index in [2.05, 4.69) is 32.9 Å². The van der Waals surface area contributed by atoms with Gasteiger partial charge in [-0.15, -0.1) is 0 Å². The fourth-order valence-corrected chi connectivity index (χ4v) is 4.72. The van der Waals surface area contributed by atoms with E-state index in [0.29, 0.717) is 11.4 Å². The summed E-state index contributed by atoms with van der Waals surface area (Å²) < 4.78 is 5.21. The van der Waals surface area contributed by atoms with Crippen LogP contribution in [0.4, 0.5) is 11.4 Å². The Kier molecular flexibility index (Phi) is 5.41. The van der Waals surface area contributed by atoms with Gasteiger partial charge in [-0.2, -0.15) is 0 Å². The lowest BCUT2D eigenvalue weighted by molar-refractivity contribution is -0.126. The highest BCUT2D eigenvalue weighted by Crippen LogP contribution is 2.47. The smallest absolute Gasteiger partial charge is 0.266 e. The molecule has 2 aliphatic heterocycles. The summed E-state index contributed by atoms with van der Waals surface area (Å²) in [5, 5.41) is 1.72. The molecule has 0 spiro atoms. The van der Waals surface area contributed by atoms with Gasteiger partial charge in [0.15, 0.2) is 6.10 Å². The third-order valence-corrected chi connectivity index (χ3v) is 6.57. The molecule has 5 rings (SSSR count). The zero-order valence-corrected chi connectivity index (χ0v) is 19.8. The largest absolute Gasteiger partial charge is 0.497 e. The molecule has 3 atom stereocenters. The van der Waals surface area contributed by atoms with Gasteiger partial charge in [-0.1, -0.05) is 63.2 Å². The highest BCUT2D eigenvalue weighted by molar-refractivity contribution is 6.23. The molecular formula is C28H28N2O4. The molecule has 2 aliphatic rings. The van der Waals surface area contributed by atoms with Crippen LogP contribution in [-0.4, -0.2) is 25.0 Å². The number of fused-ring (bicyclic) bond motifs is 1. The van der Waals surface area contributed by atoms with Crippen molar-refractivity contribution < 1.29 is 19.2 Å². The predicted molar refractivity (Wildman–Crippen MR) is 131 cm³/mol. The lowest BCUT2D eigenvalue weighted by Gasteiger charge is -2.29. The molecule has 3 aromatic rings. The Morgan fingerprint density at radius 2 is 1.44 bits per heavy atom. The third-order valence-electron chi connectivity index (χ3n) is 6.57. The van der Waals surface area contributed by atoms with Gasteiger partial charge in [0.05, 0.1) is 24.5 Å². The molecule has 0 unspecified atom stereocenters. The van der Waals surface area contributed by atoms with Crippen LogP contribution in [0, 0.1) is 5.92 Å². The minimum absolute atomic E-state index is 0.0106. The summed E-state index contributed by atoms with van der Waals surface area (Å²) in [7, 11) is 1.58. The second-order valence-electron chi connectivity index (χ2n) is 9.74. The molecule has 0 aromatic heterocycles. The molecule has 0 radical (unpaired) electrons. The second kappa shape index (κ2) is 8.29. The first-order chi connectivity index (χ1) is 16.3. The summed E-state index contributed by atoms with van der Waals surface area (Å²) in [6.45, 7) is 6.50. The Bertz CT molecular complexity index is 1200. The number of hydrogen-bond donors (Lipinski definition) is 0. The van der Waals surface area contributed by atoms with Gasteiger partial charge in [-0.3, -0.25) is 14.4 Å². The standard InChI is InChI=1S/C28H28N2O4/c1-28(2,3)19-12-10-18(11-13-19)24-23-25(34-30(24)21-8-6-5-7-9-21)27(32)29(26(23)31)20-14-16-22(33-4)17-15-20/h5-17,23-25H,1-4H3/t23-,24+,25+/m0/s1. The van der Waals surface area contributed by atoms with Crippen molar-refractivity contribution >= 4 is 23.2 Å². The van der Waals surface area contributed by atoms with Crippen molar-refractivity contribution in [1.29, 1.82) is 0 Å². The van der Waals surface area contributed by atoms with Gasteiger partial charge in [0, 0.05) is 0 Å². The van der Waals surface area contributed by atoms with Crippen molar-refractivity contribution in [3.8, 4) is 5.75 Å². The number of nitrogens with zero attached hydrogens (tertiary/aromatic N) is 2. The van der Waals surface area contributed by atoms with Crippen LogP contribution in [0.1, 0.15) is 37.9 Å². The maximum Gasteiger partial charge on any atom is 0.266 e. The van der Waals surface area contributed by atoms with Crippen LogP contribution < -0.4 is 14.7 Å². The summed E-state index contributed by atoms with van der Waals surface area (Å²) in [5.74, 6) is -0.611. The number of anilines is 2. The van der Waals surface area contributed by atoms with Crippen LogP contribution in [0.3, 0.4) is 0 Å². The number of amides is 2. The molecule has 0 N–H and O–H groups in total. The molecule has 2 amide bonds. The van der Waals surface area contributed by atoms with Gasteiger partial charge < -0.3 is 4.74 Å². The van der Waals surface area contributed by atoms with E-state index in [0.717, 1.165) is 11.3 Å². The monoisotopic (exact) mass is 456 g/mol. The maximum atomic E-state index is 13.7. The SMILES string of the molecule is COc1ccc(N2C(=O)[C@H]3[C@@H](c4ccc(C(C)(C)C)cc4)N(c4ccccc4)O[C@H]3C2=O)cc1. The van der Waals surface area contributed by atoms with E-state index in [-0.39, 0.29) is 17.2 Å². The fourth-order valence-electron chi connectivity index (χ4n) is 4.72. The van der Waals surface area contributed by atoms with Gasteiger partial charge in [0.25, 0.3) is 5.91 Å². The topological polar surface area (TPSA) is 59.1 Å². The van der Waals surface area contributed by atoms with Crippen molar-refractivity contribution in [2.24, 2.45) is 5.92 Å². The second-order valence-corrected chi connectivity index (χ2v) is 9.74. The summed E-state index contributed by atoms with van der Waals surface area (Å²) in [6.07, 6.45) is -0.887. The van der Waals surface area contributed by atoms with Gasteiger partial charge in [-0.05, 0) is 52.9 Å². The van der Waals surface area contributed by atoms with Crippen LogP contribution >= 0.6 is 0 Å². The number of para-hydroxylation sites is 1. The molecule has 2 saturated heterocycles. The van der Waals surface area contributed by atoms with Crippen molar-refractivity contribution in [2.75, 3.05) is 17.1 Å². The first kappa shape index (κ1) is 22.2. The van der Waals surface area contributed by atoms with E-state index in [4.69, 9.17) is 9.57 Å². The van der Waals surface area contributed by atoms with Crippen LogP contribution in [0.25, 0.3) is 0 Å². The number of carbonyl (C=O) groups excluding carboxylic acids is 2. The molecule has 34 heavy (non-hydrogen) atoms. The Labute approximate surface area is 199 Å². The molecule has 0 saturated carbocycles. The number of hydrogen-bond acceptors (Lipinski definition) is 5. The van der Waals surface area contributed by atoms with E-state index < -0.39 is 18.1 Å². The molecular weight excluding hydrogens is 428 g/mol. The number of methoxy groups -OCH3 is 1.